The second kappa shape index (κ2) is 6.62. The Kier molecular flexibility index (Phi) is 5.69. The van der Waals surface area contributed by atoms with E-state index in [1.807, 2.05) is 0 Å². The largest absolute Gasteiger partial charge is 0.389 e. The highest BCUT2D eigenvalue weighted by Crippen LogP contribution is 2.24. The highest BCUT2D eigenvalue weighted by molar-refractivity contribution is 7.89. The van der Waals surface area contributed by atoms with E-state index in [4.69, 9.17) is 16.3 Å². The second-order valence-corrected chi connectivity index (χ2v) is 6.39. The van der Waals surface area contributed by atoms with Crippen LogP contribution in [0.15, 0.2) is 23.1 Å². The number of likely N-dealkylation sites (N-methyl/N-ethyl adjacent to an activating group) is 1. The molecule has 1 aromatic carbocycles. The third-order valence-electron chi connectivity index (χ3n) is 2.41. The minimum Gasteiger partial charge on any atom is -0.389 e. The van der Waals surface area contributed by atoms with Crippen LogP contribution in [0.3, 0.4) is 0 Å². The van der Waals surface area contributed by atoms with Crippen molar-refractivity contribution in [3.8, 4) is 0 Å². The zero-order chi connectivity index (χ0) is 14.6. The fourth-order valence-corrected chi connectivity index (χ4v) is 3.20. The van der Waals surface area contributed by atoms with E-state index in [9.17, 15) is 17.9 Å². The smallest absolute Gasteiger partial charge is 0.244 e. The number of benzene rings is 1. The lowest BCUT2D eigenvalue weighted by molar-refractivity contribution is 0.0554. The molecule has 0 spiro atoms. The Labute approximate surface area is 116 Å². The number of sulfonamides is 1. The minimum absolute atomic E-state index is 0.0109. The molecular formula is C11H15ClFNO4S. The average molecular weight is 312 g/mol. The van der Waals surface area contributed by atoms with Crippen LogP contribution >= 0.6 is 11.6 Å². The SMILES string of the molecule is COCC(O)CN(C)S(=O)(=O)c1ccc(F)cc1Cl. The number of methoxy groups -OCH3 is 1. The summed E-state index contributed by atoms with van der Waals surface area (Å²) < 4.78 is 42.9. The molecule has 1 unspecified atom stereocenters. The van der Waals surface area contributed by atoms with Gasteiger partial charge in [0.25, 0.3) is 0 Å². The number of rotatable bonds is 6. The summed E-state index contributed by atoms with van der Waals surface area (Å²) >= 11 is 5.72. The predicted molar refractivity (Wildman–Crippen MR) is 69.1 cm³/mol. The Morgan fingerprint density at radius 2 is 2.16 bits per heavy atom. The molecule has 0 saturated heterocycles. The predicted octanol–water partition coefficient (Wildman–Crippen LogP) is 1.11. The summed E-state index contributed by atoms with van der Waals surface area (Å²) in [6.07, 6.45) is -0.955. The van der Waals surface area contributed by atoms with Gasteiger partial charge in [-0.2, -0.15) is 4.31 Å². The molecule has 1 aromatic rings. The molecular weight excluding hydrogens is 297 g/mol. The third kappa shape index (κ3) is 4.12. The molecule has 0 aromatic heterocycles. The molecule has 0 amide bonds. The molecule has 0 aliphatic heterocycles. The van der Waals surface area contributed by atoms with Crippen LogP contribution in [-0.4, -0.2) is 51.2 Å². The van der Waals surface area contributed by atoms with Gasteiger partial charge in [-0.3, -0.25) is 0 Å². The molecule has 0 aliphatic carbocycles. The van der Waals surface area contributed by atoms with Crippen molar-refractivity contribution in [2.75, 3.05) is 27.3 Å². The van der Waals surface area contributed by atoms with E-state index in [0.717, 1.165) is 22.5 Å². The van der Waals surface area contributed by atoms with E-state index in [1.165, 1.54) is 14.2 Å². The number of hydrogen-bond donors (Lipinski definition) is 1. The maximum Gasteiger partial charge on any atom is 0.244 e. The molecule has 0 bridgehead atoms. The van der Waals surface area contributed by atoms with Crippen molar-refractivity contribution in [3.05, 3.63) is 29.0 Å². The van der Waals surface area contributed by atoms with E-state index in [2.05, 4.69) is 0 Å². The first kappa shape index (κ1) is 16.3. The summed E-state index contributed by atoms with van der Waals surface area (Å²) in [6, 6.07) is 3.03. The van der Waals surface area contributed by atoms with E-state index in [0.29, 0.717) is 0 Å². The van der Waals surface area contributed by atoms with Gasteiger partial charge in [0.05, 0.1) is 17.7 Å². The summed E-state index contributed by atoms with van der Waals surface area (Å²) in [5.41, 5.74) is 0. The molecule has 0 fully saturated rings. The van der Waals surface area contributed by atoms with Gasteiger partial charge in [0.1, 0.15) is 10.7 Å². The van der Waals surface area contributed by atoms with E-state index >= 15 is 0 Å². The van der Waals surface area contributed by atoms with E-state index in [-0.39, 0.29) is 23.1 Å². The summed E-state index contributed by atoms with van der Waals surface area (Å²) in [7, 11) is -1.18. The number of hydrogen-bond acceptors (Lipinski definition) is 4. The van der Waals surface area contributed by atoms with E-state index < -0.39 is 21.9 Å². The first-order valence-electron chi connectivity index (χ1n) is 5.37. The highest BCUT2D eigenvalue weighted by atomic mass is 35.5. The van der Waals surface area contributed by atoms with Crippen LogP contribution in [0, 0.1) is 5.82 Å². The Morgan fingerprint density at radius 1 is 1.53 bits per heavy atom. The molecule has 108 valence electrons. The van der Waals surface area contributed by atoms with Crippen LogP contribution in [0.5, 0.6) is 0 Å². The fourth-order valence-electron chi connectivity index (χ4n) is 1.49. The normalized spacial score (nSPS) is 13.8. The van der Waals surface area contributed by atoms with Crippen LogP contribution in [0.1, 0.15) is 0 Å². The summed E-state index contributed by atoms with van der Waals surface area (Å²) in [5, 5.41) is 9.32. The van der Waals surface area contributed by atoms with Gasteiger partial charge in [0, 0.05) is 20.7 Å². The lowest BCUT2D eigenvalue weighted by atomic mass is 10.3. The monoisotopic (exact) mass is 311 g/mol. The lowest BCUT2D eigenvalue weighted by Crippen LogP contribution is -2.36. The van der Waals surface area contributed by atoms with Gasteiger partial charge in [-0.1, -0.05) is 11.6 Å². The van der Waals surface area contributed by atoms with Gasteiger partial charge in [-0.25, -0.2) is 12.8 Å². The van der Waals surface area contributed by atoms with Crippen LogP contribution in [0.4, 0.5) is 4.39 Å². The van der Waals surface area contributed by atoms with Crippen molar-refractivity contribution in [3.63, 3.8) is 0 Å². The molecule has 0 radical (unpaired) electrons. The molecule has 0 heterocycles. The van der Waals surface area contributed by atoms with Crippen molar-refractivity contribution >= 4 is 21.6 Å². The average Bonchev–Trinajstić information content (AvgIpc) is 2.28. The molecule has 8 heteroatoms. The topological polar surface area (TPSA) is 66.8 Å². The quantitative estimate of drug-likeness (QED) is 0.854. The zero-order valence-corrected chi connectivity index (χ0v) is 12.1. The van der Waals surface area contributed by atoms with Gasteiger partial charge in [-0.05, 0) is 18.2 Å². The van der Waals surface area contributed by atoms with Crippen molar-refractivity contribution in [1.29, 1.82) is 0 Å². The first-order valence-corrected chi connectivity index (χ1v) is 7.19. The number of aliphatic hydroxyl groups is 1. The summed E-state index contributed by atoms with van der Waals surface area (Å²) in [6.45, 7) is -0.138. The molecule has 5 nitrogen and oxygen atoms in total. The highest BCUT2D eigenvalue weighted by Gasteiger charge is 2.25. The van der Waals surface area contributed by atoms with Crippen molar-refractivity contribution in [2.45, 2.75) is 11.0 Å². The van der Waals surface area contributed by atoms with Crippen LogP contribution in [0.2, 0.25) is 5.02 Å². The number of halogens is 2. The van der Waals surface area contributed by atoms with Crippen molar-refractivity contribution in [1.82, 2.24) is 4.31 Å². The molecule has 0 aliphatic rings. The minimum atomic E-state index is -3.88. The summed E-state index contributed by atoms with van der Waals surface area (Å²) in [4.78, 5) is -0.206. The summed E-state index contributed by atoms with van der Waals surface area (Å²) in [5.74, 6) is -0.619. The number of ether oxygens (including phenoxy) is 1. The van der Waals surface area contributed by atoms with Gasteiger partial charge in [0.2, 0.25) is 10.0 Å². The van der Waals surface area contributed by atoms with Gasteiger partial charge >= 0.3 is 0 Å². The number of aliphatic hydroxyl groups excluding tert-OH is 1. The maximum absolute atomic E-state index is 12.9. The second-order valence-electron chi connectivity index (χ2n) is 3.97. The number of nitrogens with zero attached hydrogens (tertiary/aromatic N) is 1. The van der Waals surface area contributed by atoms with Crippen molar-refractivity contribution < 1.29 is 22.7 Å². The van der Waals surface area contributed by atoms with Gasteiger partial charge in [-0.15, -0.1) is 0 Å². The van der Waals surface area contributed by atoms with Crippen LogP contribution in [0.25, 0.3) is 0 Å². The molecule has 0 saturated carbocycles. The van der Waals surface area contributed by atoms with E-state index in [1.54, 1.807) is 0 Å². The van der Waals surface area contributed by atoms with Crippen LogP contribution < -0.4 is 0 Å². The zero-order valence-electron chi connectivity index (χ0n) is 10.5. The first-order chi connectivity index (χ1) is 8.78. The molecule has 1 rings (SSSR count). The van der Waals surface area contributed by atoms with Crippen molar-refractivity contribution in [2.24, 2.45) is 0 Å². The molecule has 1 atom stereocenters. The Bertz CT molecular complexity index is 537. The standard InChI is InChI=1S/C11H15ClFNO4S/c1-14(6-9(15)7-18-2)19(16,17)11-4-3-8(13)5-10(11)12/h3-5,9,15H,6-7H2,1-2H3. The van der Waals surface area contributed by atoms with Gasteiger partial charge in [0.15, 0.2) is 0 Å². The Balaban J connectivity index is 2.97. The Morgan fingerprint density at radius 3 is 2.68 bits per heavy atom. The molecule has 19 heavy (non-hydrogen) atoms. The van der Waals surface area contributed by atoms with Gasteiger partial charge < -0.3 is 9.84 Å². The lowest BCUT2D eigenvalue weighted by Gasteiger charge is -2.20. The van der Waals surface area contributed by atoms with Crippen LogP contribution in [-0.2, 0) is 14.8 Å². The fraction of sp³-hybridized carbons (Fsp3) is 0.455. The maximum atomic E-state index is 12.9. The molecule has 1 N–H and O–H groups in total. The Hall–Kier alpha value is -0.730. The third-order valence-corrected chi connectivity index (χ3v) is 4.72.